The molecule has 0 aromatic heterocycles. The van der Waals surface area contributed by atoms with E-state index < -0.39 is 0 Å². The van der Waals surface area contributed by atoms with Crippen LogP contribution in [0.15, 0.2) is 5.16 Å². The smallest absolute Gasteiger partial charge is 0.129 e. The van der Waals surface area contributed by atoms with Crippen LogP contribution in [0.3, 0.4) is 0 Å². The second kappa shape index (κ2) is 7.68. The summed E-state index contributed by atoms with van der Waals surface area (Å²) in [5, 5.41) is 4.97. The first kappa shape index (κ1) is 18.2. The van der Waals surface area contributed by atoms with Crippen LogP contribution in [0, 0.1) is 0 Å². The van der Waals surface area contributed by atoms with E-state index in [4.69, 9.17) is 4.84 Å². The SMILES string of the molecule is CC(C)SC/C(CSC(C)(C)C)=N\OC(C)(C)C. The molecule has 0 radical (unpaired) electrons. The Morgan fingerprint density at radius 1 is 1.06 bits per heavy atom. The molecule has 0 aromatic carbocycles. The van der Waals surface area contributed by atoms with Crippen LogP contribution >= 0.6 is 23.5 Å². The molecule has 0 aromatic rings. The van der Waals surface area contributed by atoms with Crippen molar-refractivity contribution >= 4 is 29.2 Å². The van der Waals surface area contributed by atoms with E-state index in [0.717, 1.165) is 17.2 Å². The maximum absolute atomic E-state index is 5.55. The molecule has 0 rings (SSSR count). The van der Waals surface area contributed by atoms with Gasteiger partial charge in [0.25, 0.3) is 0 Å². The summed E-state index contributed by atoms with van der Waals surface area (Å²) in [7, 11) is 0. The number of hydrogen-bond acceptors (Lipinski definition) is 4. The Balaban J connectivity index is 4.42. The number of oxime groups is 1. The molecule has 0 heterocycles. The monoisotopic (exact) mass is 291 g/mol. The molecule has 0 aliphatic carbocycles. The molecule has 0 aliphatic heterocycles. The van der Waals surface area contributed by atoms with Crippen LogP contribution in [-0.2, 0) is 4.84 Å². The lowest BCUT2D eigenvalue weighted by Gasteiger charge is -2.20. The molecule has 18 heavy (non-hydrogen) atoms. The Bertz CT molecular complexity index is 262. The average molecular weight is 292 g/mol. The largest absolute Gasteiger partial charge is 0.390 e. The molecule has 0 saturated carbocycles. The van der Waals surface area contributed by atoms with Gasteiger partial charge in [0, 0.05) is 16.3 Å². The van der Waals surface area contributed by atoms with Crippen molar-refractivity contribution in [2.24, 2.45) is 5.16 Å². The zero-order chi connectivity index (χ0) is 14.4. The van der Waals surface area contributed by atoms with Crippen molar-refractivity contribution in [2.45, 2.75) is 71.0 Å². The van der Waals surface area contributed by atoms with Gasteiger partial charge in [-0.05, 0) is 26.0 Å². The first-order valence-electron chi connectivity index (χ1n) is 6.49. The minimum absolute atomic E-state index is 0.208. The molecule has 0 amide bonds. The molecule has 0 spiro atoms. The molecule has 0 bridgehead atoms. The summed E-state index contributed by atoms with van der Waals surface area (Å²) in [6, 6.07) is 0. The summed E-state index contributed by atoms with van der Waals surface area (Å²) < 4.78 is 0.269. The fourth-order valence-corrected chi connectivity index (χ4v) is 2.42. The van der Waals surface area contributed by atoms with Crippen molar-refractivity contribution in [2.75, 3.05) is 11.5 Å². The van der Waals surface area contributed by atoms with Crippen LogP contribution in [0.2, 0.25) is 0 Å². The van der Waals surface area contributed by atoms with E-state index in [0.29, 0.717) is 5.25 Å². The van der Waals surface area contributed by atoms with Crippen molar-refractivity contribution in [3.63, 3.8) is 0 Å². The summed E-state index contributed by atoms with van der Waals surface area (Å²) in [5.74, 6) is 1.90. The lowest BCUT2D eigenvalue weighted by atomic mass is 10.2. The van der Waals surface area contributed by atoms with Crippen molar-refractivity contribution in [3.8, 4) is 0 Å². The van der Waals surface area contributed by atoms with Gasteiger partial charge in [-0.3, -0.25) is 0 Å². The number of nitrogens with zero attached hydrogens (tertiary/aromatic N) is 1. The Morgan fingerprint density at radius 3 is 2.00 bits per heavy atom. The van der Waals surface area contributed by atoms with Gasteiger partial charge in [-0.2, -0.15) is 11.8 Å². The molecule has 108 valence electrons. The molecule has 4 heteroatoms. The van der Waals surface area contributed by atoms with Gasteiger partial charge in [-0.25, -0.2) is 0 Å². The van der Waals surface area contributed by atoms with Crippen molar-refractivity contribution in [1.82, 2.24) is 0 Å². The van der Waals surface area contributed by atoms with Crippen molar-refractivity contribution in [3.05, 3.63) is 0 Å². The number of thioether (sulfide) groups is 2. The van der Waals surface area contributed by atoms with Crippen LogP contribution in [0.1, 0.15) is 55.4 Å². The second-order valence-corrected chi connectivity index (χ2v) is 9.99. The molecular formula is C14H29NOS2. The zero-order valence-electron chi connectivity index (χ0n) is 13.2. The van der Waals surface area contributed by atoms with E-state index in [1.165, 1.54) is 0 Å². The van der Waals surface area contributed by atoms with Crippen LogP contribution in [0.25, 0.3) is 0 Å². The van der Waals surface area contributed by atoms with Gasteiger partial charge in [-0.1, -0.05) is 39.8 Å². The highest BCUT2D eigenvalue weighted by molar-refractivity contribution is 8.02. The number of hydrogen-bond donors (Lipinski definition) is 0. The lowest BCUT2D eigenvalue weighted by Crippen LogP contribution is -2.20. The van der Waals surface area contributed by atoms with Crippen LogP contribution < -0.4 is 0 Å². The van der Waals surface area contributed by atoms with Crippen LogP contribution in [-0.4, -0.2) is 32.8 Å². The zero-order valence-corrected chi connectivity index (χ0v) is 14.8. The summed E-state index contributed by atoms with van der Waals surface area (Å²) in [6.45, 7) is 17.2. The molecule has 0 aliphatic rings. The molecule has 0 unspecified atom stereocenters. The van der Waals surface area contributed by atoms with Gasteiger partial charge in [0.05, 0.1) is 5.71 Å². The minimum Gasteiger partial charge on any atom is -0.390 e. The average Bonchev–Trinajstić information content (AvgIpc) is 2.13. The van der Waals surface area contributed by atoms with Gasteiger partial charge in [0.15, 0.2) is 0 Å². The Labute approximate surface area is 122 Å². The number of rotatable bonds is 6. The summed E-state index contributed by atoms with van der Waals surface area (Å²) in [5.41, 5.74) is 0.934. The predicted octanol–water partition coefficient (Wildman–Crippen LogP) is 4.83. The molecule has 2 nitrogen and oxygen atoms in total. The van der Waals surface area contributed by atoms with Gasteiger partial charge in [0.2, 0.25) is 0 Å². The van der Waals surface area contributed by atoms with E-state index >= 15 is 0 Å². The van der Waals surface area contributed by atoms with Crippen molar-refractivity contribution < 1.29 is 4.84 Å². The summed E-state index contributed by atoms with van der Waals surface area (Å²) in [6.07, 6.45) is 0. The van der Waals surface area contributed by atoms with E-state index in [1.54, 1.807) is 0 Å². The highest BCUT2D eigenvalue weighted by Crippen LogP contribution is 2.24. The fourth-order valence-electron chi connectivity index (χ4n) is 0.859. The van der Waals surface area contributed by atoms with E-state index in [1.807, 2.05) is 44.3 Å². The Morgan fingerprint density at radius 2 is 1.61 bits per heavy atom. The third kappa shape index (κ3) is 12.6. The quantitative estimate of drug-likeness (QED) is 0.517. The Hall–Kier alpha value is 0.170. The topological polar surface area (TPSA) is 21.6 Å². The minimum atomic E-state index is -0.208. The van der Waals surface area contributed by atoms with Gasteiger partial charge in [-0.15, -0.1) is 11.8 Å². The van der Waals surface area contributed by atoms with Crippen LogP contribution in [0.5, 0.6) is 0 Å². The van der Waals surface area contributed by atoms with E-state index in [2.05, 4.69) is 39.8 Å². The summed E-state index contributed by atoms with van der Waals surface area (Å²) in [4.78, 5) is 5.55. The highest BCUT2D eigenvalue weighted by Gasteiger charge is 2.15. The molecule has 0 atom stereocenters. The van der Waals surface area contributed by atoms with Gasteiger partial charge in [0.1, 0.15) is 5.60 Å². The first-order valence-corrected chi connectivity index (χ1v) is 8.52. The van der Waals surface area contributed by atoms with E-state index in [-0.39, 0.29) is 10.3 Å². The predicted molar refractivity (Wildman–Crippen MR) is 88.1 cm³/mol. The van der Waals surface area contributed by atoms with Gasteiger partial charge < -0.3 is 4.84 Å². The molecular weight excluding hydrogens is 262 g/mol. The molecule has 0 N–H and O–H groups in total. The highest BCUT2D eigenvalue weighted by atomic mass is 32.2. The third-order valence-corrected chi connectivity index (χ3v) is 4.21. The summed E-state index contributed by atoms with van der Waals surface area (Å²) >= 11 is 3.84. The van der Waals surface area contributed by atoms with Gasteiger partial charge >= 0.3 is 0 Å². The maximum Gasteiger partial charge on any atom is 0.129 e. The van der Waals surface area contributed by atoms with E-state index in [9.17, 15) is 0 Å². The normalized spacial score (nSPS) is 14.2. The van der Waals surface area contributed by atoms with Crippen molar-refractivity contribution in [1.29, 1.82) is 0 Å². The standard InChI is InChI=1S/C14H29NOS2/c1-11(2)17-9-12(10-18-14(6,7)8)15-16-13(3,4)5/h11H,9-10H2,1-8H3/b15-12+. The van der Waals surface area contributed by atoms with Crippen LogP contribution in [0.4, 0.5) is 0 Å². The lowest BCUT2D eigenvalue weighted by molar-refractivity contribution is 0.000833. The Kier molecular flexibility index (Phi) is 7.76. The maximum atomic E-state index is 5.55. The second-order valence-electron chi connectivity index (χ2n) is 6.62. The first-order chi connectivity index (χ1) is 7.99. The molecule has 0 saturated heterocycles. The molecule has 0 fully saturated rings. The third-order valence-electron chi connectivity index (χ3n) is 1.70. The fraction of sp³-hybridized carbons (Fsp3) is 0.929.